The topological polar surface area (TPSA) is 75.2 Å². The second-order valence-electron chi connectivity index (χ2n) is 7.67. The Bertz CT molecular complexity index is 645. The zero-order valence-corrected chi connectivity index (χ0v) is 20.2. The zero-order chi connectivity index (χ0) is 20.3. The van der Waals surface area contributed by atoms with Gasteiger partial charge in [-0.3, -0.25) is 9.79 Å². The molecule has 2 fully saturated rings. The SMILES string of the molecule is CN=C(NCC(=O)NCc1ccccc1)N1CCC(OCC2CCCCO2)CC1.I. The second kappa shape index (κ2) is 13.8. The summed E-state index contributed by atoms with van der Waals surface area (Å²) in [7, 11) is 1.76. The first-order chi connectivity index (χ1) is 14.2. The van der Waals surface area contributed by atoms with Crippen molar-refractivity contribution in [3.05, 3.63) is 35.9 Å². The van der Waals surface area contributed by atoms with Crippen molar-refractivity contribution >= 4 is 35.8 Å². The minimum absolute atomic E-state index is 0. The van der Waals surface area contributed by atoms with Crippen LogP contribution in [0.3, 0.4) is 0 Å². The van der Waals surface area contributed by atoms with E-state index in [1.54, 1.807) is 7.05 Å². The molecule has 0 radical (unpaired) electrons. The fourth-order valence-electron chi connectivity index (χ4n) is 3.77. The van der Waals surface area contributed by atoms with Crippen LogP contribution >= 0.6 is 24.0 Å². The molecule has 0 spiro atoms. The van der Waals surface area contributed by atoms with E-state index in [9.17, 15) is 4.79 Å². The highest BCUT2D eigenvalue weighted by molar-refractivity contribution is 14.0. The van der Waals surface area contributed by atoms with Crippen LogP contribution in [-0.2, 0) is 20.8 Å². The number of hydrogen-bond donors (Lipinski definition) is 2. The normalized spacial score (nSPS) is 20.4. The molecule has 0 aromatic heterocycles. The van der Waals surface area contributed by atoms with Crippen LogP contribution in [0.4, 0.5) is 0 Å². The molecular formula is C22H35IN4O3. The number of guanidine groups is 1. The largest absolute Gasteiger partial charge is 0.376 e. The summed E-state index contributed by atoms with van der Waals surface area (Å²) in [5.41, 5.74) is 1.09. The van der Waals surface area contributed by atoms with Crippen molar-refractivity contribution in [2.75, 3.05) is 39.9 Å². The highest BCUT2D eigenvalue weighted by atomic mass is 127. The summed E-state index contributed by atoms with van der Waals surface area (Å²) < 4.78 is 11.8. The molecule has 1 aromatic carbocycles. The van der Waals surface area contributed by atoms with Crippen LogP contribution in [-0.4, -0.2) is 68.9 Å². The number of amides is 1. The third-order valence-corrected chi connectivity index (χ3v) is 5.48. The van der Waals surface area contributed by atoms with E-state index in [2.05, 4.69) is 20.5 Å². The first kappa shape index (κ1) is 24.9. The van der Waals surface area contributed by atoms with Crippen LogP contribution in [0.5, 0.6) is 0 Å². The molecule has 2 heterocycles. The summed E-state index contributed by atoms with van der Waals surface area (Å²) in [6.07, 6.45) is 6.01. The van der Waals surface area contributed by atoms with Crippen LogP contribution < -0.4 is 10.6 Å². The van der Waals surface area contributed by atoms with E-state index in [0.717, 1.165) is 50.5 Å². The molecule has 2 N–H and O–H groups in total. The molecular weight excluding hydrogens is 495 g/mol. The quantitative estimate of drug-likeness (QED) is 0.322. The van der Waals surface area contributed by atoms with Gasteiger partial charge >= 0.3 is 0 Å². The zero-order valence-electron chi connectivity index (χ0n) is 17.8. The maximum absolute atomic E-state index is 12.1. The molecule has 1 atom stereocenters. The van der Waals surface area contributed by atoms with Gasteiger partial charge in [0.05, 0.1) is 25.4 Å². The van der Waals surface area contributed by atoms with Gasteiger partial charge in [-0.1, -0.05) is 30.3 Å². The summed E-state index contributed by atoms with van der Waals surface area (Å²) in [6, 6.07) is 9.90. The number of nitrogens with one attached hydrogen (secondary N) is 2. The third-order valence-electron chi connectivity index (χ3n) is 5.48. The number of piperidine rings is 1. The third kappa shape index (κ3) is 8.39. The molecule has 2 aliphatic heterocycles. The minimum atomic E-state index is -0.0410. The maximum atomic E-state index is 12.1. The highest BCUT2D eigenvalue weighted by Gasteiger charge is 2.24. The van der Waals surface area contributed by atoms with E-state index in [1.807, 2.05) is 30.3 Å². The van der Waals surface area contributed by atoms with Gasteiger partial charge in [0.15, 0.2) is 5.96 Å². The average molecular weight is 530 g/mol. The Morgan fingerprint density at radius 1 is 1.17 bits per heavy atom. The first-order valence-corrected chi connectivity index (χ1v) is 10.7. The van der Waals surface area contributed by atoms with Crippen molar-refractivity contribution in [2.24, 2.45) is 4.99 Å². The number of hydrogen-bond acceptors (Lipinski definition) is 4. The lowest BCUT2D eigenvalue weighted by atomic mass is 10.1. The summed E-state index contributed by atoms with van der Waals surface area (Å²) in [4.78, 5) is 18.7. The predicted octanol–water partition coefficient (Wildman–Crippen LogP) is 2.55. The Balaban J connectivity index is 0.00000320. The molecule has 2 aliphatic rings. The van der Waals surface area contributed by atoms with Gasteiger partial charge in [-0.05, 0) is 37.7 Å². The summed E-state index contributed by atoms with van der Waals surface area (Å²) in [5, 5.41) is 6.11. The number of carbonyl (C=O) groups excluding carboxylic acids is 1. The predicted molar refractivity (Wildman–Crippen MR) is 129 cm³/mol. The Labute approximate surface area is 197 Å². The van der Waals surface area contributed by atoms with Gasteiger partial charge in [0.1, 0.15) is 0 Å². The molecule has 30 heavy (non-hydrogen) atoms. The van der Waals surface area contributed by atoms with Crippen molar-refractivity contribution in [1.82, 2.24) is 15.5 Å². The van der Waals surface area contributed by atoms with Crippen molar-refractivity contribution in [1.29, 1.82) is 0 Å². The second-order valence-corrected chi connectivity index (χ2v) is 7.67. The van der Waals surface area contributed by atoms with Gasteiger partial charge < -0.3 is 25.0 Å². The molecule has 7 nitrogen and oxygen atoms in total. The average Bonchev–Trinajstić information content (AvgIpc) is 2.79. The fourth-order valence-corrected chi connectivity index (χ4v) is 3.77. The maximum Gasteiger partial charge on any atom is 0.239 e. The van der Waals surface area contributed by atoms with Gasteiger partial charge in [-0.2, -0.15) is 0 Å². The van der Waals surface area contributed by atoms with Gasteiger partial charge in [-0.15, -0.1) is 24.0 Å². The van der Waals surface area contributed by atoms with Crippen LogP contribution in [0.15, 0.2) is 35.3 Å². The Kier molecular flexibility index (Phi) is 11.5. The van der Waals surface area contributed by atoms with Gasteiger partial charge in [0.2, 0.25) is 5.91 Å². The fraction of sp³-hybridized carbons (Fsp3) is 0.636. The van der Waals surface area contributed by atoms with E-state index in [4.69, 9.17) is 9.47 Å². The van der Waals surface area contributed by atoms with Crippen molar-refractivity contribution in [2.45, 2.75) is 50.9 Å². The number of rotatable bonds is 7. The summed E-state index contributed by atoms with van der Waals surface area (Å²) in [5.74, 6) is 0.731. The Hall–Kier alpha value is -1.39. The van der Waals surface area contributed by atoms with E-state index < -0.39 is 0 Å². The smallest absolute Gasteiger partial charge is 0.239 e. The van der Waals surface area contributed by atoms with Crippen molar-refractivity contribution in [3.8, 4) is 0 Å². The first-order valence-electron chi connectivity index (χ1n) is 10.7. The molecule has 168 valence electrons. The number of benzene rings is 1. The molecule has 2 saturated heterocycles. The molecule has 1 amide bonds. The lowest BCUT2D eigenvalue weighted by Crippen LogP contribution is -2.49. The van der Waals surface area contributed by atoms with Gasteiger partial charge in [0.25, 0.3) is 0 Å². The lowest BCUT2D eigenvalue weighted by molar-refractivity contribution is -0.120. The molecule has 3 rings (SSSR count). The van der Waals surface area contributed by atoms with Crippen molar-refractivity contribution in [3.63, 3.8) is 0 Å². The van der Waals surface area contributed by atoms with E-state index in [-0.39, 0.29) is 48.6 Å². The molecule has 8 heteroatoms. The van der Waals surface area contributed by atoms with Gasteiger partial charge in [0, 0.05) is 33.3 Å². The number of nitrogens with zero attached hydrogens (tertiary/aromatic N) is 2. The van der Waals surface area contributed by atoms with E-state index in [1.165, 1.54) is 12.8 Å². The molecule has 0 bridgehead atoms. The summed E-state index contributed by atoms with van der Waals surface area (Å²) in [6.45, 7) is 4.08. The van der Waals surface area contributed by atoms with Crippen LogP contribution in [0.25, 0.3) is 0 Å². The Morgan fingerprint density at radius 2 is 1.93 bits per heavy atom. The lowest BCUT2D eigenvalue weighted by Gasteiger charge is -2.35. The van der Waals surface area contributed by atoms with E-state index in [0.29, 0.717) is 13.2 Å². The number of ether oxygens (including phenoxy) is 2. The number of likely N-dealkylation sites (tertiary alicyclic amines) is 1. The van der Waals surface area contributed by atoms with Crippen LogP contribution in [0.2, 0.25) is 0 Å². The van der Waals surface area contributed by atoms with Crippen LogP contribution in [0, 0.1) is 0 Å². The minimum Gasteiger partial charge on any atom is -0.376 e. The standard InChI is InChI=1S/C22H34N4O3.HI/c1-23-22(25-16-21(27)24-15-18-7-3-2-4-8-18)26-12-10-19(11-13-26)29-17-20-9-5-6-14-28-20;/h2-4,7-8,19-20H,5-6,9-17H2,1H3,(H,23,25)(H,24,27);1H. The molecule has 1 aromatic rings. The van der Waals surface area contributed by atoms with Crippen LogP contribution in [0.1, 0.15) is 37.7 Å². The molecule has 0 saturated carbocycles. The molecule has 0 aliphatic carbocycles. The number of aliphatic imine (C=N–C) groups is 1. The summed E-state index contributed by atoms with van der Waals surface area (Å²) >= 11 is 0. The molecule has 1 unspecified atom stereocenters. The van der Waals surface area contributed by atoms with Crippen molar-refractivity contribution < 1.29 is 14.3 Å². The Morgan fingerprint density at radius 3 is 2.60 bits per heavy atom. The number of halogens is 1. The van der Waals surface area contributed by atoms with E-state index >= 15 is 0 Å². The van der Waals surface area contributed by atoms with Gasteiger partial charge in [-0.25, -0.2) is 0 Å². The highest BCUT2D eigenvalue weighted by Crippen LogP contribution is 2.17. The monoisotopic (exact) mass is 530 g/mol. The number of carbonyl (C=O) groups is 1.